The van der Waals surface area contributed by atoms with Crippen molar-refractivity contribution in [2.24, 2.45) is 5.92 Å². The molecule has 6 heteroatoms. The number of hydrogen-bond donors (Lipinski definition) is 1. The van der Waals surface area contributed by atoms with Crippen LogP contribution in [0, 0.1) is 5.92 Å². The Hall–Kier alpha value is -1.14. The van der Waals surface area contributed by atoms with Gasteiger partial charge in [-0.05, 0) is 69.7 Å². The van der Waals surface area contributed by atoms with E-state index in [2.05, 4.69) is 15.2 Å². The second kappa shape index (κ2) is 6.88. The lowest BCUT2D eigenvalue weighted by atomic mass is 9.89. The van der Waals surface area contributed by atoms with Crippen LogP contribution in [0.3, 0.4) is 0 Å². The molecule has 3 saturated heterocycles. The lowest BCUT2D eigenvalue weighted by molar-refractivity contribution is -0.141. The van der Waals surface area contributed by atoms with Gasteiger partial charge in [-0.2, -0.15) is 13.2 Å². The van der Waals surface area contributed by atoms with Gasteiger partial charge in [-0.1, -0.05) is 6.07 Å². The highest BCUT2D eigenvalue weighted by molar-refractivity contribution is 5.18. The van der Waals surface area contributed by atoms with Gasteiger partial charge in [0.2, 0.25) is 0 Å². The van der Waals surface area contributed by atoms with Gasteiger partial charge in [-0.3, -0.25) is 0 Å². The number of piperidine rings is 1. The molecule has 3 aliphatic heterocycles. The first kappa shape index (κ1) is 17.3. The van der Waals surface area contributed by atoms with E-state index in [4.69, 9.17) is 0 Å². The van der Waals surface area contributed by atoms with E-state index in [1.807, 2.05) is 0 Å². The van der Waals surface area contributed by atoms with Gasteiger partial charge < -0.3 is 10.2 Å². The van der Waals surface area contributed by atoms with Crippen LogP contribution in [0.4, 0.5) is 13.2 Å². The third kappa shape index (κ3) is 4.00. The van der Waals surface area contributed by atoms with Crippen molar-refractivity contribution in [3.8, 4) is 0 Å². The molecular weight excluding hydrogens is 327 g/mol. The van der Waals surface area contributed by atoms with Crippen molar-refractivity contribution in [2.75, 3.05) is 19.6 Å². The van der Waals surface area contributed by atoms with Crippen LogP contribution in [0.15, 0.2) is 18.2 Å². The molecule has 25 heavy (non-hydrogen) atoms. The summed E-state index contributed by atoms with van der Waals surface area (Å²) in [5, 5.41) is 3.68. The van der Waals surface area contributed by atoms with Gasteiger partial charge in [0.1, 0.15) is 5.69 Å². The molecule has 0 saturated carbocycles. The highest BCUT2D eigenvalue weighted by Crippen LogP contribution is 2.34. The number of aromatic nitrogens is 1. The molecule has 0 aliphatic carbocycles. The smallest absolute Gasteiger partial charge is 0.311 e. The third-order valence-corrected chi connectivity index (χ3v) is 6.18. The average Bonchev–Trinajstić information content (AvgIpc) is 3.19. The molecule has 1 aromatic heterocycles. The van der Waals surface area contributed by atoms with Crippen LogP contribution >= 0.6 is 0 Å². The van der Waals surface area contributed by atoms with Crippen LogP contribution in [0.5, 0.6) is 0 Å². The van der Waals surface area contributed by atoms with Gasteiger partial charge >= 0.3 is 6.18 Å². The predicted molar refractivity (Wildman–Crippen MR) is 90.3 cm³/mol. The number of halogens is 3. The molecule has 3 atom stereocenters. The second-order valence-electron chi connectivity index (χ2n) is 8.00. The van der Waals surface area contributed by atoms with E-state index in [-0.39, 0.29) is 5.92 Å². The number of nitrogens with one attached hydrogen (secondary N) is 1. The van der Waals surface area contributed by atoms with Crippen LogP contribution in [-0.2, 0) is 6.18 Å². The lowest BCUT2D eigenvalue weighted by Gasteiger charge is -2.30. The molecule has 1 N–H and O–H groups in total. The van der Waals surface area contributed by atoms with Crippen molar-refractivity contribution in [2.45, 2.75) is 62.7 Å². The Balaban J connectivity index is 1.30. The Kier molecular flexibility index (Phi) is 4.75. The van der Waals surface area contributed by atoms with Crippen molar-refractivity contribution in [3.63, 3.8) is 0 Å². The monoisotopic (exact) mass is 353 g/mol. The topological polar surface area (TPSA) is 28.2 Å². The van der Waals surface area contributed by atoms with E-state index in [0.29, 0.717) is 5.69 Å². The van der Waals surface area contributed by atoms with Crippen LogP contribution < -0.4 is 5.32 Å². The summed E-state index contributed by atoms with van der Waals surface area (Å²) in [7, 11) is 0. The number of alkyl halides is 3. The first-order valence-electron chi connectivity index (χ1n) is 9.50. The van der Waals surface area contributed by atoms with E-state index in [1.165, 1.54) is 38.2 Å². The molecule has 2 bridgehead atoms. The third-order valence-electron chi connectivity index (χ3n) is 6.18. The fourth-order valence-electron chi connectivity index (χ4n) is 4.89. The first-order chi connectivity index (χ1) is 12.0. The van der Waals surface area contributed by atoms with Gasteiger partial charge in [-0.15, -0.1) is 0 Å². The van der Waals surface area contributed by atoms with Crippen molar-refractivity contribution in [1.82, 2.24) is 15.2 Å². The number of nitrogens with zero attached hydrogens (tertiary/aromatic N) is 2. The summed E-state index contributed by atoms with van der Waals surface area (Å²) in [6.45, 7) is 2.88. The van der Waals surface area contributed by atoms with Gasteiger partial charge in [0.25, 0.3) is 0 Å². The van der Waals surface area contributed by atoms with Crippen molar-refractivity contribution < 1.29 is 13.2 Å². The number of pyridine rings is 1. The summed E-state index contributed by atoms with van der Waals surface area (Å²) in [6.07, 6.45) is 3.01. The van der Waals surface area contributed by atoms with Crippen LogP contribution in [0.25, 0.3) is 0 Å². The highest BCUT2D eigenvalue weighted by atomic mass is 19.4. The fraction of sp³-hybridized carbons (Fsp3) is 0.737. The predicted octanol–water partition coefficient (Wildman–Crippen LogP) is 3.81. The van der Waals surface area contributed by atoms with Crippen LogP contribution in [0.1, 0.15) is 55.8 Å². The molecule has 4 rings (SSSR count). The minimum absolute atomic E-state index is 0.131. The molecule has 0 aromatic carbocycles. The van der Waals surface area contributed by atoms with Gasteiger partial charge in [0, 0.05) is 30.2 Å². The first-order valence-corrected chi connectivity index (χ1v) is 9.50. The second-order valence-corrected chi connectivity index (χ2v) is 8.00. The SMILES string of the molecule is FC(F)(F)c1cccc(C2CCN(CCC3CC4CCC(C3)N4)C2)n1. The average molecular weight is 353 g/mol. The summed E-state index contributed by atoms with van der Waals surface area (Å²) in [6, 6.07) is 5.74. The zero-order valence-corrected chi connectivity index (χ0v) is 14.4. The molecule has 0 amide bonds. The molecule has 0 spiro atoms. The molecule has 3 aliphatic rings. The number of likely N-dealkylation sites (tertiary alicyclic amines) is 1. The summed E-state index contributed by atoms with van der Waals surface area (Å²) < 4.78 is 38.5. The minimum Gasteiger partial charge on any atom is -0.311 e. The van der Waals surface area contributed by atoms with E-state index in [0.717, 1.165) is 50.1 Å². The van der Waals surface area contributed by atoms with Gasteiger partial charge in [-0.25, -0.2) is 4.98 Å². The molecule has 138 valence electrons. The maximum atomic E-state index is 12.8. The van der Waals surface area contributed by atoms with Crippen molar-refractivity contribution >= 4 is 0 Å². The Morgan fingerprint density at radius 1 is 1.12 bits per heavy atom. The normalized spacial score (nSPS) is 33.1. The molecule has 3 fully saturated rings. The summed E-state index contributed by atoms with van der Waals surface area (Å²) >= 11 is 0. The quantitative estimate of drug-likeness (QED) is 0.892. The highest BCUT2D eigenvalue weighted by Gasteiger charge is 2.35. The number of fused-ring (bicyclic) bond motifs is 2. The Bertz CT molecular complexity index is 592. The van der Waals surface area contributed by atoms with Gasteiger partial charge in [0.05, 0.1) is 0 Å². The Morgan fingerprint density at radius 3 is 2.60 bits per heavy atom. The Morgan fingerprint density at radius 2 is 1.88 bits per heavy atom. The zero-order valence-electron chi connectivity index (χ0n) is 14.4. The van der Waals surface area contributed by atoms with Gasteiger partial charge in [0.15, 0.2) is 0 Å². The lowest BCUT2D eigenvalue weighted by Crippen LogP contribution is -2.39. The molecule has 3 nitrogen and oxygen atoms in total. The maximum absolute atomic E-state index is 12.8. The van der Waals surface area contributed by atoms with Crippen LogP contribution in [-0.4, -0.2) is 41.6 Å². The zero-order chi connectivity index (χ0) is 17.4. The van der Waals surface area contributed by atoms with E-state index >= 15 is 0 Å². The Labute approximate surface area is 147 Å². The number of rotatable bonds is 4. The number of hydrogen-bond acceptors (Lipinski definition) is 3. The molecule has 4 heterocycles. The molecule has 1 aromatic rings. The summed E-state index contributed by atoms with van der Waals surface area (Å²) in [5.41, 5.74) is -0.175. The van der Waals surface area contributed by atoms with Crippen LogP contribution in [0.2, 0.25) is 0 Å². The summed E-state index contributed by atoms with van der Waals surface area (Å²) in [5.74, 6) is 0.941. The van der Waals surface area contributed by atoms with Crippen molar-refractivity contribution in [3.05, 3.63) is 29.6 Å². The van der Waals surface area contributed by atoms with E-state index in [1.54, 1.807) is 6.07 Å². The molecule has 0 radical (unpaired) electrons. The summed E-state index contributed by atoms with van der Waals surface area (Å²) in [4.78, 5) is 6.29. The molecular formula is C19H26F3N3. The standard InChI is InChI=1S/C19H26F3N3/c20-19(21,22)18-3-1-2-17(24-18)14-7-9-25(12-14)8-6-13-10-15-4-5-16(11-13)23-15/h1-3,13-16,23H,4-12H2. The van der Waals surface area contributed by atoms with Crippen molar-refractivity contribution in [1.29, 1.82) is 0 Å². The van der Waals surface area contributed by atoms with E-state index < -0.39 is 11.9 Å². The van der Waals surface area contributed by atoms with E-state index in [9.17, 15) is 13.2 Å². The minimum atomic E-state index is -4.36. The largest absolute Gasteiger partial charge is 0.433 e. The fourth-order valence-corrected chi connectivity index (χ4v) is 4.89. The molecule has 3 unspecified atom stereocenters. The maximum Gasteiger partial charge on any atom is 0.433 e.